The van der Waals surface area contributed by atoms with Crippen molar-refractivity contribution in [2.45, 2.75) is 31.9 Å². The molecule has 2 rings (SSSR count). The average Bonchev–Trinajstić information content (AvgIpc) is 2.53. The Balaban J connectivity index is 2.11. The van der Waals surface area contributed by atoms with Gasteiger partial charge in [-0.3, -0.25) is 0 Å². The van der Waals surface area contributed by atoms with Gasteiger partial charge in [0.25, 0.3) is 0 Å². The van der Waals surface area contributed by atoms with Gasteiger partial charge in [0.1, 0.15) is 0 Å². The monoisotopic (exact) mass is 283 g/mol. The van der Waals surface area contributed by atoms with Crippen LogP contribution in [0, 0.1) is 0 Å². The maximum atomic E-state index is 5.49. The van der Waals surface area contributed by atoms with Crippen LogP contribution in [0.1, 0.15) is 37.4 Å². The first-order valence-electron chi connectivity index (χ1n) is 7.51. The van der Waals surface area contributed by atoms with Gasteiger partial charge in [-0.1, -0.05) is 60.7 Å². The fourth-order valence-electron chi connectivity index (χ4n) is 2.34. The van der Waals surface area contributed by atoms with Crippen LogP contribution >= 0.6 is 0 Å². The second-order valence-electron chi connectivity index (χ2n) is 5.92. The molecule has 0 aliphatic heterocycles. The van der Waals surface area contributed by atoms with E-state index in [1.807, 2.05) is 0 Å². The summed E-state index contributed by atoms with van der Waals surface area (Å²) in [6.07, 6.45) is 0.972. The molecule has 0 saturated heterocycles. The summed E-state index contributed by atoms with van der Waals surface area (Å²) in [5, 5.41) is 3.66. The van der Waals surface area contributed by atoms with Crippen molar-refractivity contribution in [2.75, 3.05) is 13.7 Å². The smallest absolute Gasteiger partial charge is 0.0634 e. The van der Waals surface area contributed by atoms with Crippen LogP contribution in [0.2, 0.25) is 0 Å². The molecule has 2 aromatic rings. The topological polar surface area (TPSA) is 21.3 Å². The van der Waals surface area contributed by atoms with Gasteiger partial charge in [-0.25, -0.2) is 0 Å². The Labute approximate surface area is 128 Å². The van der Waals surface area contributed by atoms with E-state index in [0.29, 0.717) is 0 Å². The van der Waals surface area contributed by atoms with Crippen molar-refractivity contribution >= 4 is 0 Å². The number of hydrogen-bond acceptors (Lipinski definition) is 2. The van der Waals surface area contributed by atoms with Crippen LogP contribution in [0.5, 0.6) is 0 Å². The molecule has 0 aliphatic carbocycles. The van der Waals surface area contributed by atoms with Gasteiger partial charge in [0.05, 0.1) is 11.6 Å². The Morgan fingerprint density at radius 1 is 0.905 bits per heavy atom. The Kier molecular flexibility index (Phi) is 5.54. The minimum atomic E-state index is -0.0923. The minimum absolute atomic E-state index is 0.0923. The van der Waals surface area contributed by atoms with Crippen molar-refractivity contribution in [3.63, 3.8) is 0 Å². The molecule has 0 saturated carbocycles. The first-order chi connectivity index (χ1) is 10.1. The van der Waals surface area contributed by atoms with Crippen LogP contribution in [0.4, 0.5) is 0 Å². The van der Waals surface area contributed by atoms with Crippen LogP contribution in [-0.2, 0) is 4.74 Å². The molecule has 2 aromatic carbocycles. The lowest BCUT2D eigenvalue weighted by molar-refractivity contribution is 0.0155. The molecular formula is C19H25NO. The summed E-state index contributed by atoms with van der Waals surface area (Å²) in [5.74, 6) is 0. The summed E-state index contributed by atoms with van der Waals surface area (Å²) < 4.78 is 5.49. The van der Waals surface area contributed by atoms with Gasteiger partial charge in [-0.2, -0.15) is 0 Å². The highest BCUT2D eigenvalue weighted by Crippen LogP contribution is 2.22. The van der Waals surface area contributed by atoms with Crippen LogP contribution in [-0.4, -0.2) is 19.3 Å². The summed E-state index contributed by atoms with van der Waals surface area (Å²) in [6, 6.07) is 21.4. The molecule has 0 bridgehead atoms. The summed E-state index contributed by atoms with van der Waals surface area (Å²) in [4.78, 5) is 0. The van der Waals surface area contributed by atoms with Crippen molar-refractivity contribution in [3.05, 3.63) is 71.8 Å². The van der Waals surface area contributed by atoms with Gasteiger partial charge in [-0.15, -0.1) is 0 Å². The third kappa shape index (κ3) is 4.69. The fourth-order valence-corrected chi connectivity index (χ4v) is 2.34. The average molecular weight is 283 g/mol. The normalized spacial score (nSPS) is 11.8. The quantitative estimate of drug-likeness (QED) is 0.823. The lowest BCUT2D eigenvalue weighted by atomic mass is 9.98. The second kappa shape index (κ2) is 7.39. The van der Waals surface area contributed by atoms with E-state index in [9.17, 15) is 0 Å². The van der Waals surface area contributed by atoms with Crippen molar-refractivity contribution in [3.8, 4) is 0 Å². The zero-order valence-electron chi connectivity index (χ0n) is 13.2. The molecule has 112 valence electrons. The standard InChI is InChI=1S/C19H25NO/c1-19(2,21-3)14-15-20-18(16-10-6-4-7-11-16)17-12-8-5-9-13-17/h4-13,18,20H,14-15H2,1-3H3. The predicted molar refractivity (Wildman–Crippen MR) is 88.4 cm³/mol. The number of nitrogens with one attached hydrogen (secondary N) is 1. The maximum Gasteiger partial charge on any atom is 0.0634 e. The molecule has 0 radical (unpaired) electrons. The van der Waals surface area contributed by atoms with Gasteiger partial charge >= 0.3 is 0 Å². The maximum absolute atomic E-state index is 5.49. The molecule has 2 nitrogen and oxygen atoms in total. The molecule has 0 unspecified atom stereocenters. The molecular weight excluding hydrogens is 258 g/mol. The zero-order chi connectivity index (χ0) is 15.1. The van der Waals surface area contributed by atoms with Gasteiger partial charge in [0.2, 0.25) is 0 Å². The van der Waals surface area contributed by atoms with Crippen molar-refractivity contribution in [2.24, 2.45) is 0 Å². The van der Waals surface area contributed by atoms with E-state index in [1.54, 1.807) is 7.11 Å². The summed E-state index contributed by atoms with van der Waals surface area (Å²) in [7, 11) is 1.77. The van der Waals surface area contributed by atoms with E-state index in [4.69, 9.17) is 4.74 Å². The lowest BCUT2D eigenvalue weighted by Gasteiger charge is -2.25. The third-order valence-electron chi connectivity index (χ3n) is 3.89. The van der Waals surface area contributed by atoms with Crippen LogP contribution < -0.4 is 5.32 Å². The summed E-state index contributed by atoms with van der Waals surface area (Å²) in [6.45, 7) is 5.15. The molecule has 0 aliphatic rings. The molecule has 0 amide bonds. The summed E-state index contributed by atoms with van der Waals surface area (Å²) in [5.41, 5.74) is 2.49. The molecule has 0 aromatic heterocycles. The van der Waals surface area contributed by atoms with E-state index in [2.05, 4.69) is 79.8 Å². The number of benzene rings is 2. The van der Waals surface area contributed by atoms with E-state index in [-0.39, 0.29) is 11.6 Å². The van der Waals surface area contributed by atoms with Gasteiger partial charge in [0.15, 0.2) is 0 Å². The second-order valence-corrected chi connectivity index (χ2v) is 5.92. The first kappa shape index (κ1) is 15.7. The molecule has 0 heterocycles. The number of ether oxygens (including phenoxy) is 1. The fraction of sp³-hybridized carbons (Fsp3) is 0.368. The lowest BCUT2D eigenvalue weighted by Crippen LogP contribution is -2.31. The number of methoxy groups -OCH3 is 1. The number of hydrogen-bond donors (Lipinski definition) is 1. The largest absolute Gasteiger partial charge is 0.379 e. The van der Waals surface area contributed by atoms with Gasteiger partial charge < -0.3 is 10.1 Å². The Morgan fingerprint density at radius 3 is 1.81 bits per heavy atom. The molecule has 0 spiro atoms. The molecule has 2 heteroatoms. The highest BCUT2D eigenvalue weighted by molar-refractivity contribution is 5.31. The minimum Gasteiger partial charge on any atom is -0.379 e. The molecule has 21 heavy (non-hydrogen) atoms. The highest BCUT2D eigenvalue weighted by Gasteiger charge is 2.18. The van der Waals surface area contributed by atoms with E-state index >= 15 is 0 Å². The van der Waals surface area contributed by atoms with Crippen molar-refractivity contribution in [1.82, 2.24) is 5.32 Å². The van der Waals surface area contributed by atoms with E-state index in [0.717, 1.165) is 13.0 Å². The molecule has 1 N–H and O–H groups in total. The van der Waals surface area contributed by atoms with Gasteiger partial charge in [0, 0.05) is 7.11 Å². The van der Waals surface area contributed by atoms with Gasteiger partial charge in [-0.05, 0) is 37.9 Å². The van der Waals surface area contributed by atoms with E-state index in [1.165, 1.54) is 11.1 Å². The van der Waals surface area contributed by atoms with Crippen LogP contribution in [0.3, 0.4) is 0 Å². The van der Waals surface area contributed by atoms with Crippen LogP contribution in [0.15, 0.2) is 60.7 Å². The highest BCUT2D eigenvalue weighted by atomic mass is 16.5. The van der Waals surface area contributed by atoms with Crippen molar-refractivity contribution < 1.29 is 4.74 Å². The van der Waals surface area contributed by atoms with Crippen LogP contribution in [0.25, 0.3) is 0 Å². The zero-order valence-corrected chi connectivity index (χ0v) is 13.2. The molecule has 0 fully saturated rings. The SMILES string of the molecule is COC(C)(C)CCNC(c1ccccc1)c1ccccc1. The number of rotatable bonds is 7. The van der Waals surface area contributed by atoms with E-state index < -0.39 is 0 Å². The predicted octanol–water partition coefficient (Wildman–Crippen LogP) is 4.18. The Bertz CT molecular complexity index is 482. The summed E-state index contributed by atoms with van der Waals surface area (Å²) >= 11 is 0. The first-order valence-corrected chi connectivity index (χ1v) is 7.51. The van der Waals surface area contributed by atoms with Crippen molar-refractivity contribution in [1.29, 1.82) is 0 Å². The molecule has 0 atom stereocenters. The Hall–Kier alpha value is -1.64. The Morgan fingerprint density at radius 2 is 1.38 bits per heavy atom. The third-order valence-corrected chi connectivity index (χ3v) is 3.89.